The summed E-state index contributed by atoms with van der Waals surface area (Å²) in [6.45, 7) is 8.26. The Labute approximate surface area is 136 Å². The maximum absolute atomic E-state index is 11.8. The number of piperazine rings is 1. The second kappa shape index (κ2) is 8.56. The maximum Gasteiger partial charge on any atom is 0.407 e. The van der Waals surface area contributed by atoms with Gasteiger partial charge in [-0.25, -0.2) is 15.0 Å². The Morgan fingerprint density at radius 3 is 2.22 bits per heavy atom. The largest absolute Gasteiger partial charge is 0.444 e. The zero-order chi connectivity index (χ0) is 17.5. The van der Waals surface area contributed by atoms with Gasteiger partial charge in [0, 0.05) is 39.1 Å². The first-order valence-electron chi connectivity index (χ1n) is 7.66. The highest BCUT2D eigenvalue weighted by molar-refractivity contribution is 5.81. The molecule has 1 saturated heterocycles. The number of hydrazine groups is 1. The highest BCUT2D eigenvalue weighted by Crippen LogP contribution is 2.06. The molecule has 0 aromatic rings. The van der Waals surface area contributed by atoms with E-state index in [1.807, 2.05) is 7.05 Å². The summed E-state index contributed by atoms with van der Waals surface area (Å²) >= 11 is 0. The van der Waals surface area contributed by atoms with E-state index >= 15 is 0 Å². The Morgan fingerprint density at radius 1 is 1.04 bits per heavy atom. The molecule has 1 rings (SSSR count). The van der Waals surface area contributed by atoms with Crippen molar-refractivity contribution in [3.05, 3.63) is 0 Å². The normalized spacial score (nSPS) is 15.7. The molecule has 0 saturated carbocycles. The van der Waals surface area contributed by atoms with Crippen LogP contribution in [-0.2, 0) is 9.53 Å². The summed E-state index contributed by atoms with van der Waals surface area (Å²) in [4.78, 5) is 38.6. The molecule has 1 aliphatic heterocycles. The zero-order valence-electron chi connectivity index (χ0n) is 14.3. The van der Waals surface area contributed by atoms with Gasteiger partial charge in [-0.3, -0.25) is 10.2 Å². The van der Waals surface area contributed by atoms with Crippen LogP contribution < -0.4 is 16.2 Å². The van der Waals surface area contributed by atoms with E-state index in [9.17, 15) is 14.4 Å². The molecule has 0 aromatic heterocycles. The highest BCUT2D eigenvalue weighted by atomic mass is 16.6. The van der Waals surface area contributed by atoms with Gasteiger partial charge in [-0.15, -0.1) is 0 Å². The van der Waals surface area contributed by atoms with Crippen molar-refractivity contribution < 1.29 is 19.1 Å². The standard InChI is InChI=1S/C14H27N5O4/c1-14(2,3)23-13(22)15-6-5-11(20)16-17-12(21)19-9-7-18(4)8-10-19/h5-10H2,1-4H3,(H,15,22)(H,16,20)(H,17,21). The molecule has 23 heavy (non-hydrogen) atoms. The van der Waals surface area contributed by atoms with Crippen molar-refractivity contribution >= 4 is 18.0 Å². The van der Waals surface area contributed by atoms with Gasteiger partial charge in [0.2, 0.25) is 5.91 Å². The second-order valence-electron chi connectivity index (χ2n) is 6.45. The third kappa shape index (κ3) is 8.24. The monoisotopic (exact) mass is 329 g/mol. The Balaban J connectivity index is 2.14. The predicted octanol–water partition coefficient (Wildman–Crippen LogP) is -0.111. The number of nitrogens with zero attached hydrogens (tertiary/aromatic N) is 2. The number of amides is 4. The molecule has 0 bridgehead atoms. The van der Waals surface area contributed by atoms with Crippen molar-refractivity contribution in [1.82, 2.24) is 26.0 Å². The van der Waals surface area contributed by atoms with Gasteiger partial charge in [0.05, 0.1) is 0 Å². The number of hydrogen-bond acceptors (Lipinski definition) is 5. The van der Waals surface area contributed by atoms with Gasteiger partial charge < -0.3 is 19.9 Å². The lowest BCUT2D eigenvalue weighted by Gasteiger charge is -2.32. The summed E-state index contributed by atoms with van der Waals surface area (Å²) in [6.07, 6.45) is -0.533. The first-order chi connectivity index (χ1) is 10.7. The van der Waals surface area contributed by atoms with Crippen LogP contribution >= 0.6 is 0 Å². The van der Waals surface area contributed by atoms with E-state index in [1.165, 1.54) is 0 Å². The quantitative estimate of drug-likeness (QED) is 0.627. The molecule has 9 nitrogen and oxygen atoms in total. The van der Waals surface area contributed by atoms with Crippen LogP contribution in [0.1, 0.15) is 27.2 Å². The van der Waals surface area contributed by atoms with Crippen LogP contribution in [0.4, 0.5) is 9.59 Å². The number of nitrogens with one attached hydrogen (secondary N) is 3. The molecule has 0 atom stereocenters. The molecule has 1 aliphatic rings. The Kier molecular flexibility index (Phi) is 7.08. The van der Waals surface area contributed by atoms with Crippen LogP contribution in [-0.4, -0.2) is 73.2 Å². The molecule has 3 N–H and O–H groups in total. The Morgan fingerprint density at radius 2 is 1.65 bits per heavy atom. The minimum Gasteiger partial charge on any atom is -0.444 e. The molecule has 132 valence electrons. The number of likely N-dealkylation sites (N-methyl/N-ethyl adjacent to an activating group) is 1. The van der Waals surface area contributed by atoms with Crippen LogP contribution in [0.2, 0.25) is 0 Å². The first kappa shape index (κ1) is 19.0. The molecule has 0 radical (unpaired) electrons. The first-order valence-corrected chi connectivity index (χ1v) is 7.66. The number of ether oxygens (including phenoxy) is 1. The lowest BCUT2D eigenvalue weighted by Crippen LogP contribution is -2.54. The van der Waals surface area contributed by atoms with Gasteiger partial charge in [-0.2, -0.15) is 0 Å². The highest BCUT2D eigenvalue weighted by Gasteiger charge is 2.19. The number of hydrogen-bond donors (Lipinski definition) is 3. The number of carbonyl (C=O) groups is 3. The van der Waals surface area contributed by atoms with E-state index in [1.54, 1.807) is 25.7 Å². The molecule has 0 spiro atoms. The Hall–Kier alpha value is -2.03. The van der Waals surface area contributed by atoms with Crippen molar-refractivity contribution in [3.63, 3.8) is 0 Å². The minimum atomic E-state index is -0.581. The van der Waals surface area contributed by atoms with E-state index < -0.39 is 11.7 Å². The van der Waals surface area contributed by atoms with Crippen molar-refractivity contribution in [2.24, 2.45) is 0 Å². The van der Waals surface area contributed by atoms with E-state index in [2.05, 4.69) is 21.1 Å². The molecule has 0 aromatic carbocycles. The summed E-state index contributed by atoms with van der Waals surface area (Å²) in [5, 5.41) is 2.48. The molecule has 1 fully saturated rings. The van der Waals surface area contributed by atoms with Crippen LogP contribution in [0.3, 0.4) is 0 Å². The molecular weight excluding hydrogens is 302 g/mol. The second-order valence-corrected chi connectivity index (χ2v) is 6.45. The van der Waals surface area contributed by atoms with Gasteiger partial charge in [-0.05, 0) is 27.8 Å². The summed E-state index contributed by atoms with van der Waals surface area (Å²) in [5.74, 6) is -0.386. The van der Waals surface area contributed by atoms with Gasteiger partial charge in [0.1, 0.15) is 5.60 Å². The van der Waals surface area contributed by atoms with Crippen LogP contribution in [0.5, 0.6) is 0 Å². The molecule has 9 heteroatoms. The lowest BCUT2D eigenvalue weighted by molar-refractivity contribution is -0.121. The number of carbonyl (C=O) groups excluding carboxylic acids is 3. The lowest BCUT2D eigenvalue weighted by atomic mass is 10.2. The van der Waals surface area contributed by atoms with E-state index in [-0.39, 0.29) is 24.9 Å². The molecule has 1 heterocycles. The van der Waals surface area contributed by atoms with Crippen LogP contribution in [0.25, 0.3) is 0 Å². The van der Waals surface area contributed by atoms with Crippen molar-refractivity contribution in [3.8, 4) is 0 Å². The molecule has 0 unspecified atom stereocenters. The predicted molar refractivity (Wildman–Crippen MR) is 84.6 cm³/mol. The van der Waals surface area contributed by atoms with Gasteiger partial charge in [0.25, 0.3) is 0 Å². The molecule has 4 amide bonds. The summed E-state index contributed by atoms with van der Waals surface area (Å²) in [5.41, 5.74) is 4.11. The number of alkyl carbamates (subject to hydrolysis) is 1. The fraction of sp³-hybridized carbons (Fsp3) is 0.786. The van der Waals surface area contributed by atoms with Gasteiger partial charge in [-0.1, -0.05) is 0 Å². The van der Waals surface area contributed by atoms with E-state index in [0.717, 1.165) is 13.1 Å². The maximum atomic E-state index is 11.8. The fourth-order valence-corrected chi connectivity index (χ4v) is 1.87. The number of urea groups is 1. The van der Waals surface area contributed by atoms with Crippen LogP contribution in [0.15, 0.2) is 0 Å². The van der Waals surface area contributed by atoms with E-state index in [0.29, 0.717) is 13.1 Å². The zero-order valence-corrected chi connectivity index (χ0v) is 14.3. The topological polar surface area (TPSA) is 103 Å². The Bertz CT molecular complexity index is 427. The average molecular weight is 329 g/mol. The van der Waals surface area contributed by atoms with E-state index in [4.69, 9.17) is 4.74 Å². The molecule has 0 aliphatic carbocycles. The summed E-state index contributed by atoms with van der Waals surface area (Å²) in [7, 11) is 1.99. The number of rotatable bonds is 3. The van der Waals surface area contributed by atoms with Crippen LogP contribution in [0, 0.1) is 0 Å². The third-order valence-electron chi connectivity index (χ3n) is 3.12. The van der Waals surface area contributed by atoms with Gasteiger partial charge >= 0.3 is 12.1 Å². The average Bonchev–Trinajstić information content (AvgIpc) is 2.43. The smallest absolute Gasteiger partial charge is 0.407 e. The van der Waals surface area contributed by atoms with Crippen molar-refractivity contribution in [1.29, 1.82) is 0 Å². The molecular formula is C14H27N5O4. The summed E-state index contributed by atoms with van der Waals surface area (Å²) in [6, 6.07) is -0.327. The van der Waals surface area contributed by atoms with Crippen molar-refractivity contribution in [2.45, 2.75) is 32.8 Å². The third-order valence-corrected chi connectivity index (χ3v) is 3.12. The fourth-order valence-electron chi connectivity index (χ4n) is 1.87. The van der Waals surface area contributed by atoms with Gasteiger partial charge in [0.15, 0.2) is 0 Å². The SMILES string of the molecule is CN1CCN(C(=O)NNC(=O)CCNC(=O)OC(C)(C)C)CC1. The summed E-state index contributed by atoms with van der Waals surface area (Å²) < 4.78 is 5.04. The van der Waals surface area contributed by atoms with Crippen molar-refractivity contribution in [2.75, 3.05) is 39.8 Å². The minimum absolute atomic E-state index is 0.0439.